The van der Waals surface area contributed by atoms with Crippen molar-refractivity contribution in [3.63, 3.8) is 0 Å². The Hall–Kier alpha value is -3.12. The molecule has 1 saturated heterocycles. The minimum Gasteiger partial charge on any atom is -0.444 e. The summed E-state index contributed by atoms with van der Waals surface area (Å²) in [4.78, 5) is 17.5. The summed E-state index contributed by atoms with van der Waals surface area (Å²) in [6.07, 6.45) is -0.226. The highest BCUT2D eigenvalue weighted by Crippen LogP contribution is 2.27. The highest BCUT2D eigenvalue weighted by atomic mass is 32.2. The van der Waals surface area contributed by atoms with Crippen molar-refractivity contribution in [3.8, 4) is 11.1 Å². The first-order valence-electron chi connectivity index (χ1n) is 11.3. The van der Waals surface area contributed by atoms with E-state index in [1.165, 1.54) is 16.8 Å². The summed E-state index contributed by atoms with van der Waals surface area (Å²) in [5.41, 5.74) is 4.21. The maximum absolute atomic E-state index is 12.3. The van der Waals surface area contributed by atoms with E-state index in [0.717, 1.165) is 23.7 Å². The zero-order chi connectivity index (χ0) is 23.3. The molecule has 0 spiro atoms. The van der Waals surface area contributed by atoms with Crippen LogP contribution in [0.3, 0.4) is 0 Å². The molecule has 1 aliphatic rings. The Labute approximate surface area is 200 Å². The Morgan fingerprint density at radius 3 is 2.03 bits per heavy atom. The molecular weight excluding hydrogens is 430 g/mol. The van der Waals surface area contributed by atoms with Crippen LogP contribution in [0.4, 0.5) is 16.2 Å². The van der Waals surface area contributed by atoms with E-state index in [0.29, 0.717) is 13.1 Å². The van der Waals surface area contributed by atoms with Crippen molar-refractivity contribution in [2.45, 2.75) is 31.3 Å². The lowest BCUT2D eigenvalue weighted by Crippen LogP contribution is -2.50. The van der Waals surface area contributed by atoms with Gasteiger partial charge in [0.25, 0.3) is 0 Å². The Morgan fingerprint density at radius 1 is 0.818 bits per heavy atom. The molecule has 0 radical (unpaired) electrons. The quantitative estimate of drug-likeness (QED) is 0.438. The van der Waals surface area contributed by atoms with Gasteiger partial charge >= 0.3 is 6.09 Å². The summed E-state index contributed by atoms with van der Waals surface area (Å²) in [7, 11) is 0. The third-order valence-electron chi connectivity index (χ3n) is 5.41. The summed E-state index contributed by atoms with van der Waals surface area (Å²) in [5.74, 6) is 0. The number of benzene rings is 3. The second-order valence-corrected chi connectivity index (χ2v) is 9.98. The first kappa shape index (κ1) is 23.1. The number of nitrogens with one attached hydrogen (secondary N) is 1. The van der Waals surface area contributed by atoms with Crippen LogP contribution < -0.4 is 9.62 Å². The molecule has 3 aromatic carbocycles. The van der Waals surface area contributed by atoms with E-state index in [2.05, 4.69) is 82.4 Å². The van der Waals surface area contributed by atoms with Crippen LogP contribution in [-0.4, -0.2) is 42.8 Å². The number of ether oxygens (including phenoxy) is 1. The molecule has 1 fully saturated rings. The minimum absolute atomic E-state index is 0.226. The minimum atomic E-state index is -0.459. The number of amides is 1. The molecule has 172 valence electrons. The van der Waals surface area contributed by atoms with Crippen LogP contribution in [0, 0.1) is 0 Å². The molecule has 0 unspecified atom stereocenters. The lowest BCUT2D eigenvalue weighted by molar-refractivity contribution is 0.0240. The van der Waals surface area contributed by atoms with Gasteiger partial charge in [-0.1, -0.05) is 42.5 Å². The van der Waals surface area contributed by atoms with Crippen molar-refractivity contribution in [2.75, 3.05) is 35.8 Å². The van der Waals surface area contributed by atoms with Crippen molar-refractivity contribution in [1.29, 1.82) is 0 Å². The predicted molar refractivity (Wildman–Crippen MR) is 138 cm³/mol. The van der Waals surface area contributed by atoms with Crippen LogP contribution >= 0.6 is 11.9 Å². The number of hydrogen-bond acceptors (Lipinski definition) is 5. The van der Waals surface area contributed by atoms with Crippen LogP contribution in [-0.2, 0) is 4.74 Å². The van der Waals surface area contributed by atoms with E-state index < -0.39 is 5.60 Å². The Kier molecular flexibility index (Phi) is 7.14. The highest BCUT2D eigenvalue weighted by molar-refractivity contribution is 8.00. The number of piperazine rings is 1. The second kappa shape index (κ2) is 10.2. The van der Waals surface area contributed by atoms with Crippen LogP contribution in [0.1, 0.15) is 20.8 Å². The number of nitrogens with zero attached hydrogens (tertiary/aromatic N) is 2. The van der Waals surface area contributed by atoms with Crippen molar-refractivity contribution >= 4 is 29.4 Å². The Balaban J connectivity index is 1.26. The van der Waals surface area contributed by atoms with Gasteiger partial charge in [-0.2, -0.15) is 0 Å². The number of hydrogen-bond donors (Lipinski definition) is 1. The summed E-state index contributed by atoms with van der Waals surface area (Å²) in [6, 6.07) is 27.4. The topological polar surface area (TPSA) is 44.8 Å². The van der Waals surface area contributed by atoms with Crippen LogP contribution in [0.25, 0.3) is 11.1 Å². The molecule has 5 nitrogen and oxygen atoms in total. The zero-order valence-corrected chi connectivity index (χ0v) is 20.3. The molecule has 1 N–H and O–H groups in total. The second-order valence-electron chi connectivity index (χ2n) is 9.10. The van der Waals surface area contributed by atoms with E-state index in [-0.39, 0.29) is 6.09 Å². The van der Waals surface area contributed by atoms with Crippen molar-refractivity contribution in [2.24, 2.45) is 0 Å². The smallest absolute Gasteiger partial charge is 0.410 e. The van der Waals surface area contributed by atoms with E-state index in [4.69, 9.17) is 4.74 Å². The summed E-state index contributed by atoms with van der Waals surface area (Å²) in [6.45, 7) is 8.63. The molecule has 1 heterocycles. The third kappa shape index (κ3) is 6.45. The fourth-order valence-corrected chi connectivity index (χ4v) is 4.32. The van der Waals surface area contributed by atoms with E-state index in [1.807, 2.05) is 26.8 Å². The van der Waals surface area contributed by atoms with E-state index in [9.17, 15) is 4.79 Å². The fourth-order valence-electron chi connectivity index (χ4n) is 3.68. The van der Waals surface area contributed by atoms with E-state index in [1.54, 1.807) is 16.8 Å². The molecule has 0 saturated carbocycles. The van der Waals surface area contributed by atoms with Gasteiger partial charge in [0, 0.05) is 42.4 Å². The molecular formula is C27H31N3O2S. The largest absolute Gasteiger partial charge is 0.444 e. The maximum atomic E-state index is 12.3. The molecule has 4 rings (SSSR count). The number of anilines is 2. The van der Waals surface area contributed by atoms with Gasteiger partial charge in [0.05, 0.1) is 0 Å². The van der Waals surface area contributed by atoms with Crippen LogP contribution in [0.2, 0.25) is 0 Å². The molecule has 33 heavy (non-hydrogen) atoms. The third-order valence-corrected chi connectivity index (χ3v) is 6.26. The van der Waals surface area contributed by atoms with Gasteiger partial charge < -0.3 is 19.3 Å². The summed E-state index contributed by atoms with van der Waals surface area (Å²) >= 11 is 1.61. The molecule has 6 heteroatoms. The summed E-state index contributed by atoms with van der Waals surface area (Å²) in [5, 5.41) is 0. The van der Waals surface area contributed by atoms with Crippen molar-refractivity contribution in [3.05, 3.63) is 78.9 Å². The van der Waals surface area contributed by atoms with Gasteiger partial charge in [-0.15, -0.1) is 0 Å². The number of rotatable bonds is 5. The lowest BCUT2D eigenvalue weighted by Gasteiger charge is -2.36. The van der Waals surface area contributed by atoms with Crippen molar-refractivity contribution in [1.82, 2.24) is 4.90 Å². The Morgan fingerprint density at radius 2 is 1.42 bits per heavy atom. The fraction of sp³-hybridized carbons (Fsp3) is 0.296. The maximum Gasteiger partial charge on any atom is 0.410 e. The van der Waals surface area contributed by atoms with Crippen molar-refractivity contribution < 1.29 is 9.53 Å². The standard InChI is InChI=1S/C27H31N3O2S/c1-27(2,3)32-26(31)30-19-17-29(18-20-30)24-13-11-23(12-14-24)28-33-25-15-9-22(10-16-25)21-7-5-4-6-8-21/h4-16,28H,17-20H2,1-3H3. The van der Waals surface area contributed by atoms with Crippen LogP contribution in [0.15, 0.2) is 83.8 Å². The average Bonchev–Trinajstić information content (AvgIpc) is 2.83. The SMILES string of the molecule is CC(C)(C)OC(=O)N1CCN(c2ccc(NSc3ccc(-c4ccccc4)cc3)cc2)CC1. The number of carbonyl (C=O) groups excluding carboxylic acids is 1. The first-order valence-corrected chi connectivity index (χ1v) is 12.1. The van der Waals surface area contributed by atoms with Crippen LogP contribution in [0.5, 0.6) is 0 Å². The molecule has 3 aromatic rings. The first-order chi connectivity index (χ1) is 15.9. The van der Waals surface area contributed by atoms with Gasteiger partial charge in [0.2, 0.25) is 0 Å². The average molecular weight is 462 g/mol. The number of carbonyl (C=O) groups is 1. The molecule has 1 amide bonds. The zero-order valence-electron chi connectivity index (χ0n) is 19.5. The normalized spacial score (nSPS) is 14.2. The van der Waals surface area contributed by atoms with Gasteiger partial charge in [-0.3, -0.25) is 0 Å². The molecule has 0 bridgehead atoms. The molecule has 1 aliphatic heterocycles. The lowest BCUT2D eigenvalue weighted by atomic mass is 10.1. The van der Waals surface area contributed by atoms with Gasteiger partial charge in [0.15, 0.2) is 0 Å². The predicted octanol–water partition coefficient (Wildman–Crippen LogP) is 6.53. The monoisotopic (exact) mass is 461 g/mol. The van der Waals surface area contributed by atoms with Gasteiger partial charge in [-0.05, 0) is 80.2 Å². The molecule has 0 atom stereocenters. The highest BCUT2D eigenvalue weighted by Gasteiger charge is 2.25. The molecule has 0 aromatic heterocycles. The summed E-state index contributed by atoms with van der Waals surface area (Å²) < 4.78 is 8.91. The van der Waals surface area contributed by atoms with Gasteiger partial charge in [-0.25, -0.2) is 4.79 Å². The van der Waals surface area contributed by atoms with Gasteiger partial charge in [0.1, 0.15) is 5.60 Å². The molecule has 0 aliphatic carbocycles. The Bertz CT molecular complexity index is 1040. The van der Waals surface area contributed by atoms with E-state index >= 15 is 0 Å².